The van der Waals surface area contributed by atoms with Gasteiger partial charge in [-0.25, -0.2) is 0 Å². The summed E-state index contributed by atoms with van der Waals surface area (Å²) in [6.07, 6.45) is 3.52. The number of pyridine rings is 1. The van der Waals surface area contributed by atoms with E-state index in [9.17, 15) is 4.79 Å². The third-order valence-corrected chi connectivity index (χ3v) is 3.89. The van der Waals surface area contributed by atoms with Crippen LogP contribution in [0.1, 0.15) is 31.1 Å². The van der Waals surface area contributed by atoms with Gasteiger partial charge in [-0.3, -0.25) is 9.78 Å². The Balaban J connectivity index is 2.28. The number of fused-ring (bicyclic) bond motifs is 1. The Morgan fingerprint density at radius 3 is 2.78 bits per heavy atom. The van der Waals surface area contributed by atoms with Gasteiger partial charge in [0.25, 0.3) is 0 Å². The Morgan fingerprint density at radius 2 is 2.06 bits per heavy atom. The van der Waals surface area contributed by atoms with E-state index in [1.807, 2.05) is 24.3 Å². The summed E-state index contributed by atoms with van der Waals surface area (Å²) in [5.74, 6) is 0.686. The molecule has 0 saturated carbocycles. The van der Waals surface area contributed by atoms with Crippen molar-refractivity contribution >= 4 is 28.3 Å². The molecule has 2 rings (SSSR count). The van der Waals surface area contributed by atoms with Crippen molar-refractivity contribution in [3.05, 3.63) is 42.2 Å². The van der Waals surface area contributed by atoms with Gasteiger partial charge in [0.15, 0.2) is 5.78 Å². The first kappa shape index (κ1) is 13.1. The fourth-order valence-electron chi connectivity index (χ4n) is 1.72. The van der Waals surface area contributed by atoms with Gasteiger partial charge in [-0.2, -0.15) is 0 Å². The van der Waals surface area contributed by atoms with Gasteiger partial charge in [-0.15, -0.1) is 11.8 Å². The van der Waals surface area contributed by atoms with E-state index in [4.69, 9.17) is 0 Å². The number of benzene rings is 1. The van der Waals surface area contributed by atoms with Crippen LogP contribution in [0, 0.1) is 0 Å². The van der Waals surface area contributed by atoms with Crippen molar-refractivity contribution in [2.24, 2.45) is 0 Å². The van der Waals surface area contributed by atoms with Crippen LogP contribution >= 0.6 is 11.8 Å². The molecule has 2 aromatic rings. The molecule has 1 aromatic carbocycles. The van der Waals surface area contributed by atoms with Crippen LogP contribution in [0.3, 0.4) is 0 Å². The molecule has 0 aliphatic carbocycles. The summed E-state index contributed by atoms with van der Waals surface area (Å²) in [7, 11) is 0. The van der Waals surface area contributed by atoms with Crippen molar-refractivity contribution < 1.29 is 4.79 Å². The molecule has 0 bridgehead atoms. The molecule has 0 radical (unpaired) electrons. The van der Waals surface area contributed by atoms with E-state index in [-0.39, 0.29) is 10.5 Å². The molecule has 0 atom stereocenters. The number of nitrogens with zero attached hydrogens (tertiary/aromatic N) is 1. The van der Waals surface area contributed by atoms with Crippen molar-refractivity contribution in [2.45, 2.75) is 25.5 Å². The molecular formula is C15H17NOS. The van der Waals surface area contributed by atoms with Crippen LogP contribution in [0.25, 0.3) is 10.8 Å². The Hall–Kier alpha value is -1.35. The van der Waals surface area contributed by atoms with Gasteiger partial charge >= 0.3 is 0 Å². The second-order valence-corrected chi connectivity index (χ2v) is 7.03. The Kier molecular flexibility index (Phi) is 3.71. The Labute approximate surface area is 112 Å². The average molecular weight is 259 g/mol. The highest BCUT2D eigenvalue weighted by Crippen LogP contribution is 2.25. The molecule has 0 saturated heterocycles. The molecule has 0 spiro atoms. The lowest BCUT2D eigenvalue weighted by molar-refractivity contribution is 0.102. The first-order valence-electron chi connectivity index (χ1n) is 5.97. The summed E-state index contributed by atoms with van der Waals surface area (Å²) >= 11 is 1.68. The summed E-state index contributed by atoms with van der Waals surface area (Å²) in [6, 6.07) is 7.75. The maximum Gasteiger partial charge on any atom is 0.173 e. The second-order valence-electron chi connectivity index (χ2n) is 5.23. The van der Waals surface area contributed by atoms with Crippen LogP contribution in [0.5, 0.6) is 0 Å². The van der Waals surface area contributed by atoms with E-state index in [1.165, 1.54) is 0 Å². The summed E-state index contributed by atoms with van der Waals surface area (Å²) < 4.78 is 0.110. The average Bonchev–Trinajstić information content (AvgIpc) is 2.34. The van der Waals surface area contributed by atoms with Gasteiger partial charge in [0.1, 0.15) is 0 Å². The molecule has 1 aromatic heterocycles. The summed E-state index contributed by atoms with van der Waals surface area (Å²) in [5, 5.41) is 2.01. The number of hydrogen-bond acceptors (Lipinski definition) is 3. The summed E-state index contributed by atoms with van der Waals surface area (Å²) in [6.45, 7) is 6.36. The molecule has 1 heterocycles. The highest BCUT2D eigenvalue weighted by molar-refractivity contribution is 8.01. The van der Waals surface area contributed by atoms with Crippen molar-refractivity contribution in [3.8, 4) is 0 Å². The smallest absolute Gasteiger partial charge is 0.173 e. The van der Waals surface area contributed by atoms with Crippen molar-refractivity contribution in [2.75, 3.05) is 5.75 Å². The van der Waals surface area contributed by atoms with Crippen molar-refractivity contribution in [3.63, 3.8) is 0 Å². The van der Waals surface area contributed by atoms with Gasteiger partial charge in [0.05, 0.1) is 5.75 Å². The van der Waals surface area contributed by atoms with Crippen LogP contribution in [0.4, 0.5) is 0 Å². The standard InChI is InChI=1S/C15H17NOS/c1-15(2,3)18-10-14(17)12-6-4-5-11-7-8-16-9-13(11)12/h4-9H,10H2,1-3H3. The number of Topliss-reactive ketones (excluding diaryl/α,β-unsaturated/α-hetero) is 1. The highest BCUT2D eigenvalue weighted by atomic mass is 32.2. The van der Waals surface area contributed by atoms with Gasteiger partial charge in [0, 0.05) is 28.1 Å². The minimum atomic E-state index is 0.110. The highest BCUT2D eigenvalue weighted by Gasteiger charge is 2.16. The van der Waals surface area contributed by atoms with E-state index in [1.54, 1.807) is 24.2 Å². The van der Waals surface area contributed by atoms with Gasteiger partial charge < -0.3 is 0 Å². The third-order valence-electron chi connectivity index (χ3n) is 2.62. The molecular weight excluding hydrogens is 242 g/mol. The zero-order chi connectivity index (χ0) is 13.2. The van der Waals surface area contributed by atoms with E-state index in [0.29, 0.717) is 5.75 Å². The minimum Gasteiger partial charge on any atom is -0.293 e. The number of thioether (sulfide) groups is 1. The largest absolute Gasteiger partial charge is 0.293 e. The molecule has 0 N–H and O–H groups in total. The van der Waals surface area contributed by atoms with E-state index in [2.05, 4.69) is 25.8 Å². The number of hydrogen-bond donors (Lipinski definition) is 0. The quantitative estimate of drug-likeness (QED) is 0.782. The topological polar surface area (TPSA) is 30.0 Å². The van der Waals surface area contributed by atoms with E-state index < -0.39 is 0 Å². The molecule has 3 heteroatoms. The third kappa shape index (κ3) is 3.10. The molecule has 0 aliphatic rings. The lowest BCUT2D eigenvalue weighted by atomic mass is 10.0. The molecule has 0 aliphatic heterocycles. The van der Waals surface area contributed by atoms with Crippen LogP contribution in [-0.4, -0.2) is 21.3 Å². The first-order chi connectivity index (χ1) is 8.47. The van der Waals surface area contributed by atoms with Gasteiger partial charge in [-0.05, 0) is 11.5 Å². The van der Waals surface area contributed by atoms with E-state index in [0.717, 1.165) is 16.3 Å². The first-order valence-corrected chi connectivity index (χ1v) is 6.96. The second kappa shape index (κ2) is 5.11. The number of carbonyl (C=O) groups excluding carboxylic acids is 1. The lowest BCUT2D eigenvalue weighted by Crippen LogP contribution is -2.13. The van der Waals surface area contributed by atoms with Crippen molar-refractivity contribution in [1.82, 2.24) is 4.98 Å². The normalized spacial score (nSPS) is 11.7. The monoisotopic (exact) mass is 259 g/mol. The fraction of sp³-hybridized carbons (Fsp3) is 0.333. The van der Waals surface area contributed by atoms with Crippen LogP contribution in [-0.2, 0) is 0 Å². The van der Waals surface area contributed by atoms with Gasteiger partial charge in [0.2, 0.25) is 0 Å². The lowest BCUT2D eigenvalue weighted by Gasteiger charge is -2.17. The zero-order valence-electron chi connectivity index (χ0n) is 10.9. The molecule has 0 fully saturated rings. The van der Waals surface area contributed by atoms with Crippen LogP contribution < -0.4 is 0 Å². The Morgan fingerprint density at radius 1 is 1.28 bits per heavy atom. The minimum absolute atomic E-state index is 0.110. The maximum absolute atomic E-state index is 12.3. The van der Waals surface area contributed by atoms with Crippen LogP contribution in [0.15, 0.2) is 36.7 Å². The predicted molar refractivity (Wildman–Crippen MR) is 78.3 cm³/mol. The molecule has 2 nitrogen and oxygen atoms in total. The van der Waals surface area contributed by atoms with E-state index >= 15 is 0 Å². The molecule has 0 amide bonds. The maximum atomic E-state index is 12.3. The summed E-state index contributed by atoms with van der Waals surface area (Å²) in [4.78, 5) is 16.4. The van der Waals surface area contributed by atoms with Gasteiger partial charge in [-0.1, -0.05) is 39.0 Å². The SMILES string of the molecule is CC(C)(C)SCC(=O)c1cccc2ccncc12. The molecule has 0 unspecified atom stereocenters. The zero-order valence-corrected chi connectivity index (χ0v) is 11.8. The summed E-state index contributed by atoms with van der Waals surface area (Å²) in [5.41, 5.74) is 0.775. The van der Waals surface area contributed by atoms with Crippen LogP contribution in [0.2, 0.25) is 0 Å². The van der Waals surface area contributed by atoms with Crippen molar-refractivity contribution in [1.29, 1.82) is 0 Å². The predicted octanol–water partition coefficient (Wildman–Crippen LogP) is 3.95. The number of carbonyl (C=O) groups is 1. The number of ketones is 1. The number of rotatable bonds is 3. The Bertz CT molecular complexity index is 567. The number of aromatic nitrogens is 1. The molecule has 94 valence electrons. The molecule has 18 heavy (non-hydrogen) atoms. The fourth-order valence-corrected chi connectivity index (χ4v) is 2.44.